The predicted octanol–water partition coefficient (Wildman–Crippen LogP) is 1.02. The van der Waals surface area contributed by atoms with Crippen LogP contribution in [-0.2, 0) is 17.8 Å². The molecule has 20 heavy (non-hydrogen) atoms. The van der Waals surface area contributed by atoms with Crippen LogP contribution in [0.4, 0.5) is 0 Å². The second-order valence-corrected chi connectivity index (χ2v) is 5.45. The molecule has 0 aliphatic carbocycles. The number of rotatable bonds is 2. The van der Waals surface area contributed by atoms with E-state index in [0.29, 0.717) is 6.54 Å². The lowest BCUT2D eigenvalue weighted by atomic mass is 9.97. The van der Waals surface area contributed by atoms with Gasteiger partial charge in [-0.05, 0) is 49.1 Å². The molecule has 0 bridgehead atoms. The van der Waals surface area contributed by atoms with Crippen LogP contribution in [0.3, 0.4) is 0 Å². The van der Waals surface area contributed by atoms with Crippen molar-refractivity contribution in [1.82, 2.24) is 10.2 Å². The summed E-state index contributed by atoms with van der Waals surface area (Å²) in [6.45, 7) is 2.15. The van der Waals surface area contributed by atoms with Gasteiger partial charge in [0.2, 0.25) is 5.91 Å². The molecular formula is C15H18N2O3. The van der Waals surface area contributed by atoms with Gasteiger partial charge in [0.25, 0.3) is 0 Å². The van der Waals surface area contributed by atoms with E-state index in [-0.39, 0.29) is 17.5 Å². The van der Waals surface area contributed by atoms with Crippen molar-refractivity contribution >= 4 is 11.9 Å². The molecule has 1 atom stereocenters. The van der Waals surface area contributed by atoms with Gasteiger partial charge in [0.15, 0.2) is 0 Å². The summed E-state index contributed by atoms with van der Waals surface area (Å²) in [5.41, 5.74) is 2.40. The maximum atomic E-state index is 12.4. The summed E-state index contributed by atoms with van der Waals surface area (Å²) in [6.07, 6.45) is 2.75. The van der Waals surface area contributed by atoms with Gasteiger partial charge in [-0.2, -0.15) is 0 Å². The number of aromatic carboxylic acids is 1. The van der Waals surface area contributed by atoms with Crippen LogP contribution < -0.4 is 5.32 Å². The Balaban J connectivity index is 1.78. The van der Waals surface area contributed by atoms with Crippen molar-refractivity contribution in [1.29, 1.82) is 0 Å². The van der Waals surface area contributed by atoms with Crippen LogP contribution in [0.5, 0.6) is 0 Å². The first-order valence-electron chi connectivity index (χ1n) is 7.02. The molecular weight excluding hydrogens is 256 g/mol. The lowest BCUT2D eigenvalue weighted by Crippen LogP contribution is -2.45. The Bertz CT molecular complexity index is 550. The van der Waals surface area contributed by atoms with E-state index in [4.69, 9.17) is 5.11 Å². The van der Waals surface area contributed by atoms with Gasteiger partial charge in [0.05, 0.1) is 11.6 Å². The minimum atomic E-state index is -0.922. The van der Waals surface area contributed by atoms with Crippen molar-refractivity contribution in [2.45, 2.75) is 31.8 Å². The largest absolute Gasteiger partial charge is 0.478 e. The van der Waals surface area contributed by atoms with Gasteiger partial charge in [-0.25, -0.2) is 4.79 Å². The van der Waals surface area contributed by atoms with Gasteiger partial charge in [0.1, 0.15) is 0 Å². The first-order chi connectivity index (χ1) is 9.65. The summed E-state index contributed by atoms with van der Waals surface area (Å²) in [5, 5.41) is 12.3. The van der Waals surface area contributed by atoms with Crippen molar-refractivity contribution in [3.05, 3.63) is 34.9 Å². The maximum absolute atomic E-state index is 12.4. The lowest BCUT2D eigenvalue weighted by molar-refractivity contribution is -0.134. The summed E-state index contributed by atoms with van der Waals surface area (Å²) in [4.78, 5) is 25.2. The molecule has 0 aromatic heterocycles. The molecule has 2 N–H and O–H groups in total. The third kappa shape index (κ3) is 2.41. The SMILES string of the molecule is O=C(O)c1ccc2c(c1)CN(C(=O)C1CCCN1)CC2. The van der Waals surface area contributed by atoms with E-state index in [1.54, 1.807) is 12.1 Å². The monoisotopic (exact) mass is 274 g/mol. The van der Waals surface area contributed by atoms with Crippen molar-refractivity contribution < 1.29 is 14.7 Å². The maximum Gasteiger partial charge on any atom is 0.335 e. The van der Waals surface area contributed by atoms with Gasteiger partial charge >= 0.3 is 5.97 Å². The Kier molecular flexibility index (Phi) is 3.44. The van der Waals surface area contributed by atoms with Gasteiger partial charge < -0.3 is 15.3 Å². The molecule has 2 aliphatic rings. The number of carbonyl (C=O) groups is 2. The topological polar surface area (TPSA) is 69.6 Å². The fourth-order valence-corrected chi connectivity index (χ4v) is 2.99. The summed E-state index contributed by atoms with van der Waals surface area (Å²) in [6, 6.07) is 5.14. The molecule has 1 aromatic carbocycles. The van der Waals surface area contributed by atoms with E-state index in [0.717, 1.165) is 43.5 Å². The number of carboxylic acid groups (broad SMARTS) is 1. The van der Waals surface area contributed by atoms with Crippen LogP contribution >= 0.6 is 0 Å². The quantitative estimate of drug-likeness (QED) is 0.845. The van der Waals surface area contributed by atoms with Crippen molar-refractivity contribution in [3.8, 4) is 0 Å². The molecule has 1 unspecified atom stereocenters. The highest BCUT2D eigenvalue weighted by Gasteiger charge is 2.29. The third-order valence-electron chi connectivity index (χ3n) is 4.14. The van der Waals surface area contributed by atoms with Crippen LogP contribution in [0.1, 0.15) is 34.3 Å². The average molecular weight is 274 g/mol. The summed E-state index contributed by atoms with van der Waals surface area (Å²) in [7, 11) is 0. The number of hydrogen-bond acceptors (Lipinski definition) is 3. The predicted molar refractivity (Wildman–Crippen MR) is 73.5 cm³/mol. The fourth-order valence-electron chi connectivity index (χ4n) is 2.99. The number of carboxylic acids is 1. The van der Waals surface area contributed by atoms with E-state index >= 15 is 0 Å². The number of benzene rings is 1. The van der Waals surface area contributed by atoms with Crippen LogP contribution in [0.2, 0.25) is 0 Å². The van der Waals surface area contributed by atoms with E-state index in [1.807, 2.05) is 11.0 Å². The van der Waals surface area contributed by atoms with E-state index in [1.165, 1.54) is 0 Å². The number of carbonyl (C=O) groups excluding carboxylic acids is 1. The summed E-state index contributed by atoms with van der Waals surface area (Å²) < 4.78 is 0. The zero-order chi connectivity index (χ0) is 14.1. The van der Waals surface area contributed by atoms with Gasteiger partial charge in [-0.15, -0.1) is 0 Å². The van der Waals surface area contributed by atoms with Gasteiger partial charge in [-0.1, -0.05) is 6.07 Å². The molecule has 0 radical (unpaired) electrons. The van der Waals surface area contributed by atoms with E-state index in [2.05, 4.69) is 5.32 Å². The zero-order valence-electron chi connectivity index (χ0n) is 11.3. The van der Waals surface area contributed by atoms with Crippen molar-refractivity contribution in [2.75, 3.05) is 13.1 Å². The normalized spacial score (nSPS) is 21.6. The Labute approximate surface area is 117 Å². The Morgan fingerprint density at radius 1 is 1.30 bits per heavy atom. The second-order valence-electron chi connectivity index (χ2n) is 5.45. The smallest absolute Gasteiger partial charge is 0.335 e. The molecule has 2 aliphatic heterocycles. The molecule has 1 aromatic rings. The van der Waals surface area contributed by atoms with Gasteiger partial charge in [0, 0.05) is 13.1 Å². The molecule has 1 saturated heterocycles. The second kappa shape index (κ2) is 5.25. The Morgan fingerprint density at radius 3 is 2.85 bits per heavy atom. The molecule has 106 valence electrons. The van der Waals surface area contributed by atoms with Crippen LogP contribution in [0.25, 0.3) is 0 Å². The molecule has 3 rings (SSSR count). The lowest BCUT2D eigenvalue weighted by Gasteiger charge is -2.31. The third-order valence-corrected chi connectivity index (χ3v) is 4.14. The highest BCUT2D eigenvalue weighted by atomic mass is 16.4. The highest BCUT2D eigenvalue weighted by Crippen LogP contribution is 2.22. The highest BCUT2D eigenvalue weighted by molar-refractivity contribution is 5.88. The Morgan fingerprint density at radius 2 is 2.15 bits per heavy atom. The van der Waals surface area contributed by atoms with E-state index < -0.39 is 5.97 Å². The number of fused-ring (bicyclic) bond motifs is 1. The Hall–Kier alpha value is -1.88. The molecule has 1 amide bonds. The van der Waals surface area contributed by atoms with Gasteiger partial charge in [-0.3, -0.25) is 4.79 Å². The first-order valence-corrected chi connectivity index (χ1v) is 7.02. The molecule has 5 heteroatoms. The number of nitrogens with zero attached hydrogens (tertiary/aromatic N) is 1. The molecule has 5 nitrogen and oxygen atoms in total. The molecule has 0 saturated carbocycles. The van der Waals surface area contributed by atoms with Crippen molar-refractivity contribution in [3.63, 3.8) is 0 Å². The summed E-state index contributed by atoms with van der Waals surface area (Å²) >= 11 is 0. The minimum absolute atomic E-state index is 0.0563. The average Bonchev–Trinajstić information content (AvgIpc) is 2.99. The number of amides is 1. The summed E-state index contributed by atoms with van der Waals surface area (Å²) in [5.74, 6) is -0.775. The fraction of sp³-hybridized carbons (Fsp3) is 0.467. The van der Waals surface area contributed by atoms with Crippen LogP contribution in [0.15, 0.2) is 18.2 Å². The molecule has 2 heterocycles. The molecule has 0 spiro atoms. The number of nitrogens with one attached hydrogen (secondary N) is 1. The van der Waals surface area contributed by atoms with Crippen molar-refractivity contribution in [2.24, 2.45) is 0 Å². The number of hydrogen-bond donors (Lipinski definition) is 2. The zero-order valence-corrected chi connectivity index (χ0v) is 11.3. The molecule has 1 fully saturated rings. The standard InChI is InChI=1S/C15H18N2O3/c18-14(13-2-1-6-16-13)17-7-5-10-3-4-11(15(19)20)8-12(10)9-17/h3-4,8,13,16H,1-2,5-7,9H2,(H,19,20). The van der Waals surface area contributed by atoms with Crippen LogP contribution in [-0.4, -0.2) is 41.0 Å². The first kappa shape index (κ1) is 13.1. The van der Waals surface area contributed by atoms with Crippen LogP contribution in [0, 0.1) is 0 Å². The van der Waals surface area contributed by atoms with E-state index in [9.17, 15) is 9.59 Å². The minimum Gasteiger partial charge on any atom is -0.478 e.